The Hall–Kier alpha value is -1.11. The van der Waals surface area contributed by atoms with Gasteiger partial charge in [0.25, 0.3) is 0 Å². The second-order valence-corrected chi connectivity index (χ2v) is 7.70. The number of piperidine rings is 1. The van der Waals surface area contributed by atoms with Gasteiger partial charge in [0.15, 0.2) is 0 Å². The lowest BCUT2D eigenvalue weighted by Gasteiger charge is -2.36. The molecule has 1 aromatic rings. The largest absolute Gasteiger partial charge is 0.382 e. The molecular weight excluding hydrogens is 286 g/mol. The van der Waals surface area contributed by atoms with Crippen LogP contribution < -0.4 is 10.5 Å². The first kappa shape index (κ1) is 14.8. The van der Waals surface area contributed by atoms with E-state index in [-0.39, 0.29) is 4.90 Å². The van der Waals surface area contributed by atoms with Crippen LogP contribution in [0, 0.1) is 6.92 Å². The number of hydrogen-bond acceptors (Lipinski definition) is 4. The number of rotatable bonds is 3. The van der Waals surface area contributed by atoms with Crippen LogP contribution in [0.4, 0.5) is 5.69 Å². The predicted octanol–water partition coefficient (Wildman–Crippen LogP) is 1.68. The third-order valence-electron chi connectivity index (χ3n) is 4.77. The van der Waals surface area contributed by atoms with E-state index in [0.717, 1.165) is 25.1 Å². The molecule has 0 spiro atoms. The maximum Gasteiger partial charge on any atom is 0.238 e. The lowest BCUT2D eigenvalue weighted by molar-refractivity contribution is 0.188. The summed E-state index contributed by atoms with van der Waals surface area (Å²) in [7, 11) is -3.66. The molecule has 21 heavy (non-hydrogen) atoms. The maximum atomic E-state index is 11.6. The van der Waals surface area contributed by atoms with Crippen molar-refractivity contribution in [3.63, 3.8) is 0 Å². The number of benzene rings is 1. The number of fused-ring (bicyclic) bond motifs is 1. The van der Waals surface area contributed by atoms with Crippen molar-refractivity contribution in [2.75, 3.05) is 18.4 Å². The van der Waals surface area contributed by atoms with Gasteiger partial charge in [-0.15, -0.1) is 0 Å². The molecule has 2 unspecified atom stereocenters. The van der Waals surface area contributed by atoms with Crippen LogP contribution in [0.2, 0.25) is 0 Å². The van der Waals surface area contributed by atoms with Crippen LogP contribution in [-0.2, 0) is 10.0 Å². The van der Waals surface area contributed by atoms with Gasteiger partial charge in [0.05, 0.1) is 4.90 Å². The third kappa shape index (κ3) is 3.07. The highest BCUT2D eigenvalue weighted by Crippen LogP contribution is 2.30. The average Bonchev–Trinajstić information content (AvgIpc) is 2.87. The quantitative estimate of drug-likeness (QED) is 0.891. The number of nitrogens with two attached hydrogens (primary N) is 1. The fourth-order valence-electron chi connectivity index (χ4n) is 3.65. The summed E-state index contributed by atoms with van der Waals surface area (Å²) in [5, 5.41) is 8.80. The Bertz CT molecular complexity index is 630. The van der Waals surface area contributed by atoms with Crippen molar-refractivity contribution in [3.8, 4) is 0 Å². The van der Waals surface area contributed by atoms with E-state index >= 15 is 0 Å². The van der Waals surface area contributed by atoms with Crippen LogP contribution in [0.15, 0.2) is 23.1 Å². The smallest absolute Gasteiger partial charge is 0.238 e. The zero-order valence-electron chi connectivity index (χ0n) is 12.4. The summed E-state index contributed by atoms with van der Waals surface area (Å²) in [6.45, 7) is 4.18. The van der Waals surface area contributed by atoms with Crippen molar-refractivity contribution in [2.45, 2.75) is 49.6 Å². The molecule has 0 bridgehead atoms. The summed E-state index contributed by atoms with van der Waals surface area (Å²) in [6, 6.07) is 6.36. The van der Waals surface area contributed by atoms with Crippen molar-refractivity contribution in [2.24, 2.45) is 5.14 Å². The van der Waals surface area contributed by atoms with Gasteiger partial charge in [-0.2, -0.15) is 0 Å². The number of hydrogen-bond donors (Lipinski definition) is 2. The highest BCUT2D eigenvalue weighted by molar-refractivity contribution is 7.89. The summed E-state index contributed by atoms with van der Waals surface area (Å²) >= 11 is 0. The minimum atomic E-state index is -3.66. The molecular formula is C15H23N3O2S. The Morgan fingerprint density at radius 3 is 2.86 bits per heavy atom. The number of primary sulfonamides is 1. The van der Waals surface area contributed by atoms with Crippen molar-refractivity contribution < 1.29 is 8.42 Å². The Kier molecular flexibility index (Phi) is 3.94. The predicted molar refractivity (Wildman–Crippen MR) is 83.8 cm³/mol. The molecule has 0 aliphatic carbocycles. The van der Waals surface area contributed by atoms with E-state index in [9.17, 15) is 8.42 Å². The highest BCUT2D eigenvalue weighted by atomic mass is 32.2. The van der Waals surface area contributed by atoms with Gasteiger partial charge in [-0.25, -0.2) is 13.6 Å². The molecule has 2 aliphatic heterocycles. The van der Waals surface area contributed by atoms with Crippen molar-refractivity contribution in [1.82, 2.24) is 4.90 Å². The van der Waals surface area contributed by atoms with Crippen LogP contribution in [-0.4, -0.2) is 38.5 Å². The Labute approximate surface area is 126 Å². The number of nitrogens with one attached hydrogen (secondary N) is 1. The van der Waals surface area contributed by atoms with E-state index in [1.54, 1.807) is 12.1 Å². The van der Waals surface area contributed by atoms with Crippen molar-refractivity contribution >= 4 is 15.7 Å². The molecule has 0 amide bonds. The van der Waals surface area contributed by atoms with Crippen LogP contribution >= 0.6 is 0 Å². The molecule has 2 atom stereocenters. The molecule has 2 fully saturated rings. The minimum Gasteiger partial charge on any atom is -0.382 e. The normalized spacial score (nSPS) is 26.6. The summed E-state index contributed by atoms with van der Waals surface area (Å²) in [5.41, 5.74) is 1.60. The fourth-order valence-corrected chi connectivity index (χ4v) is 4.46. The SMILES string of the molecule is Cc1c(NC2CCN3CCCC3C2)cccc1S(N)(=O)=O. The van der Waals surface area contributed by atoms with Gasteiger partial charge in [0.2, 0.25) is 10.0 Å². The van der Waals surface area contributed by atoms with Gasteiger partial charge in [-0.3, -0.25) is 0 Å². The second kappa shape index (κ2) is 5.59. The first-order chi connectivity index (χ1) is 9.95. The Morgan fingerprint density at radius 1 is 1.29 bits per heavy atom. The molecule has 2 saturated heterocycles. The second-order valence-electron chi connectivity index (χ2n) is 6.17. The Morgan fingerprint density at radius 2 is 2.10 bits per heavy atom. The van der Waals surface area contributed by atoms with Gasteiger partial charge in [0.1, 0.15) is 0 Å². The summed E-state index contributed by atoms with van der Waals surface area (Å²) < 4.78 is 23.2. The topological polar surface area (TPSA) is 75.4 Å². The van der Waals surface area contributed by atoms with E-state index in [0.29, 0.717) is 17.6 Å². The number of sulfonamides is 1. The first-order valence-electron chi connectivity index (χ1n) is 7.58. The van der Waals surface area contributed by atoms with Crippen molar-refractivity contribution in [3.05, 3.63) is 23.8 Å². The summed E-state index contributed by atoms with van der Waals surface area (Å²) in [5.74, 6) is 0. The average molecular weight is 309 g/mol. The zero-order valence-corrected chi connectivity index (χ0v) is 13.2. The molecule has 0 radical (unpaired) electrons. The molecule has 116 valence electrons. The van der Waals surface area contributed by atoms with E-state index in [4.69, 9.17) is 5.14 Å². The number of nitrogens with zero attached hydrogens (tertiary/aromatic N) is 1. The molecule has 0 saturated carbocycles. The molecule has 5 nitrogen and oxygen atoms in total. The van der Waals surface area contributed by atoms with Crippen LogP contribution in [0.3, 0.4) is 0 Å². The lowest BCUT2D eigenvalue weighted by Crippen LogP contribution is -2.42. The molecule has 2 heterocycles. The highest BCUT2D eigenvalue weighted by Gasteiger charge is 2.31. The molecule has 3 N–H and O–H groups in total. The Balaban J connectivity index is 1.76. The fraction of sp³-hybridized carbons (Fsp3) is 0.600. The molecule has 0 aromatic heterocycles. The van der Waals surface area contributed by atoms with Crippen molar-refractivity contribution in [1.29, 1.82) is 0 Å². The standard InChI is InChI=1S/C15H23N3O2S/c1-11-14(5-2-6-15(11)21(16,19)20)17-12-7-9-18-8-3-4-13(18)10-12/h2,5-6,12-13,17H,3-4,7-10H2,1H3,(H2,16,19,20). The van der Waals surface area contributed by atoms with E-state index in [1.165, 1.54) is 19.4 Å². The molecule has 6 heteroatoms. The lowest BCUT2D eigenvalue weighted by atomic mass is 9.97. The van der Waals surface area contributed by atoms with Gasteiger partial charge in [-0.1, -0.05) is 6.07 Å². The summed E-state index contributed by atoms with van der Waals surface area (Å²) in [4.78, 5) is 2.79. The van der Waals surface area contributed by atoms with Gasteiger partial charge in [0, 0.05) is 24.3 Å². The van der Waals surface area contributed by atoms with Crippen LogP contribution in [0.1, 0.15) is 31.2 Å². The molecule has 2 aliphatic rings. The third-order valence-corrected chi connectivity index (χ3v) is 5.83. The van der Waals surface area contributed by atoms with Crippen LogP contribution in [0.5, 0.6) is 0 Å². The zero-order chi connectivity index (χ0) is 15.0. The first-order valence-corrected chi connectivity index (χ1v) is 9.13. The molecule has 3 rings (SSSR count). The van der Waals surface area contributed by atoms with Gasteiger partial charge in [-0.05, 0) is 56.8 Å². The van der Waals surface area contributed by atoms with Gasteiger partial charge < -0.3 is 10.2 Å². The van der Waals surface area contributed by atoms with E-state index < -0.39 is 10.0 Å². The summed E-state index contributed by atoms with van der Waals surface area (Å²) in [6.07, 6.45) is 4.83. The van der Waals surface area contributed by atoms with Gasteiger partial charge >= 0.3 is 0 Å². The van der Waals surface area contributed by atoms with E-state index in [1.807, 2.05) is 13.0 Å². The van der Waals surface area contributed by atoms with Crippen LogP contribution in [0.25, 0.3) is 0 Å². The maximum absolute atomic E-state index is 11.6. The molecule has 1 aromatic carbocycles. The number of anilines is 1. The van der Waals surface area contributed by atoms with E-state index in [2.05, 4.69) is 10.2 Å². The minimum absolute atomic E-state index is 0.214. The monoisotopic (exact) mass is 309 g/mol.